The molecule has 0 atom stereocenters. The van der Waals surface area contributed by atoms with Crippen molar-refractivity contribution in [3.63, 3.8) is 0 Å². The summed E-state index contributed by atoms with van der Waals surface area (Å²) in [6.45, 7) is 11.7. The van der Waals surface area contributed by atoms with E-state index in [0.29, 0.717) is 10.4 Å². The quantitative estimate of drug-likeness (QED) is 0.222. The van der Waals surface area contributed by atoms with E-state index in [-0.39, 0.29) is 45.3 Å². The summed E-state index contributed by atoms with van der Waals surface area (Å²) in [7, 11) is 0. The molecule has 0 spiro atoms. The standard InChI is InChI=1S/C27H31ClN4O7/c1-8-37-23(34)16-11-14(28)12-17-19(16)20(29)21(31-17)22(33)18-13-15(9-10-30-18)32(24(35)38-26(2,3)4)25(36)39-27(5,6)7/h9-13,31H,8,29H2,1-7H3. The number of ketones is 1. The van der Waals surface area contributed by atoms with E-state index in [0.717, 1.165) is 0 Å². The van der Waals surface area contributed by atoms with Gasteiger partial charge in [-0.15, -0.1) is 0 Å². The molecule has 0 fully saturated rings. The third-order valence-electron chi connectivity index (χ3n) is 5.01. The average molecular weight is 559 g/mol. The number of carbonyl (C=O) groups is 4. The van der Waals surface area contributed by atoms with E-state index in [1.807, 2.05) is 0 Å². The number of fused-ring (bicyclic) bond motifs is 1. The Morgan fingerprint density at radius 1 is 1.00 bits per heavy atom. The number of nitrogens with zero attached hydrogens (tertiary/aromatic N) is 2. The first-order chi connectivity index (χ1) is 18.0. The highest BCUT2D eigenvalue weighted by molar-refractivity contribution is 6.32. The number of nitrogen functional groups attached to an aromatic ring is 1. The Hall–Kier alpha value is -4.12. The molecule has 39 heavy (non-hydrogen) atoms. The van der Waals surface area contributed by atoms with E-state index in [4.69, 9.17) is 31.5 Å². The summed E-state index contributed by atoms with van der Waals surface area (Å²) in [4.78, 5) is 59.7. The summed E-state index contributed by atoms with van der Waals surface area (Å²) in [6, 6.07) is 5.51. The Morgan fingerprint density at radius 3 is 2.13 bits per heavy atom. The largest absolute Gasteiger partial charge is 0.462 e. The molecule has 1 aromatic carbocycles. The van der Waals surface area contributed by atoms with Crippen LogP contribution in [0.15, 0.2) is 30.5 Å². The number of aromatic amines is 1. The highest BCUT2D eigenvalue weighted by atomic mass is 35.5. The zero-order valence-electron chi connectivity index (χ0n) is 22.8. The number of benzene rings is 1. The number of ether oxygens (including phenoxy) is 3. The molecule has 12 heteroatoms. The van der Waals surface area contributed by atoms with E-state index in [1.165, 1.54) is 30.5 Å². The van der Waals surface area contributed by atoms with Gasteiger partial charge in [0.2, 0.25) is 5.78 Å². The highest BCUT2D eigenvalue weighted by Crippen LogP contribution is 2.33. The number of esters is 1. The molecule has 0 aliphatic carbocycles. The van der Waals surface area contributed by atoms with E-state index < -0.39 is 35.1 Å². The first-order valence-corrected chi connectivity index (χ1v) is 12.4. The van der Waals surface area contributed by atoms with E-state index in [1.54, 1.807) is 48.5 Å². The summed E-state index contributed by atoms with van der Waals surface area (Å²) in [6.07, 6.45) is -0.746. The van der Waals surface area contributed by atoms with Crippen molar-refractivity contribution in [2.75, 3.05) is 17.2 Å². The minimum absolute atomic E-state index is 0.0122. The molecule has 2 aromatic heterocycles. The molecule has 0 radical (unpaired) electrons. The summed E-state index contributed by atoms with van der Waals surface area (Å²) in [5.74, 6) is -1.31. The number of aromatic nitrogens is 2. The van der Waals surface area contributed by atoms with Crippen molar-refractivity contribution >= 4 is 57.8 Å². The Bertz CT molecular complexity index is 1420. The molecule has 208 valence electrons. The first kappa shape index (κ1) is 29.4. The van der Waals surface area contributed by atoms with Gasteiger partial charge in [0.1, 0.15) is 22.6 Å². The van der Waals surface area contributed by atoms with Crippen LogP contribution in [0.4, 0.5) is 21.0 Å². The number of hydrogen-bond acceptors (Lipinski definition) is 9. The second kappa shape index (κ2) is 10.9. The lowest BCUT2D eigenvalue weighted by Crippen LogP contribution is -2.43. The number of nitrogens with two attached hydrogens (primary N) is 1. The predicted molar refractivity (Wildman–Crippen MR) is 146 cm³/mol. The van der Waals surface area contributed by atoms with E-state index >= 15 is 0 Å². The predicted octanol–water partition coefficient (Wildman–Crippen LogP) is 5.88. The van der Waals surface area contributed by atoms with Crippen molar-refractivity contribution in [3.05, 3.63) is 52.4 Å². The van der Waals surface area contributed by atoms with Gasteiger partial charge in [-0.3, -0.25) is 9.78 Å². The molecule has 3 N–H and O–H groups in total. The van der Waals surface area contributed by atoms with Gasteiger partial charge in [0, 0.05) is 16.6 Å². The van der Waals surface area contributed by atoms with Crippen LogP contribution in [-0.4, -0.2) is 51.7 Å². The topological polar surface area (TPSA) is 154 Å². The maximum absolute atomic E-state index is 13.5. The fourth-order valence-corrected chi connectivity index (χ4v) is 3.80. The average Bonchev–Trinajstić information content (AvgIpc) is 3.12. The number of imide groups is 1. The number of halogens is 1. The molecular weight excluding hydrogens is 528 g/mol. The van der Waals surface area contributed by atoms with Crippen molar-refractivity contribution < 1.29 is 33.4 Å². The Labute approximate surface area is 230 Å². The molecule has 3 aromatic rings. The van der Waals surface area contributed by atoms with Gasteiger partial charge in [-0.1, -0.05) is 11.6 Å². The van der Waals surface area contributed by atoms with Crippen LogP contribution < -0.4 is 10.6 Å². The maximum Gasteiger partial charge on any atom is 0.424 e. The van der Waals surface area contributed by atoms with Crippen LogP contribution in [-0.2, 0) is 14.2 Å². The zero-order chi connectivity index (χ0) is 29.3. The number of anilines is 2. The summed E-state index contributed by atoms with van der Waals surface area (Å²) in [5.41, 5.74) is 4.66. The highest BCUT2D eigenvalue weighted by Gasteiger charge is 2.33. The minimum atomic E-state index is -1.000. The first-order valence-electron chi connectivity index (χ1n) is 12.1. The summed E-state index contributed by atoms with van der Waals surface area (Å²) in [5, 5.41) is 0.498. The Balaban J connectivity index is 2.09. The van der Waals surface area contributed by atoms with E-state index in [9.17, 15) is 19.2 Å². The molecule has 3 rings (SSSR count). The fraction of sp³-hybridized carbons (Fsp3) is 0.370. The lowest BCUT2D eigenvalue weighted by molar-refractivity contribution is 0.0428. The molecule has 0 aliphatic rings. The van der Waals surface area contributed by atoms with Gasteiger partial charge in [0.05, 0.1) is 29.1 Å². The lowest BCUT2D eigenvalue weighted by atomic mass is 10.1. The van der Waals surface area contributed by atoms with Crippen molar-refractivity contribution in [1.82, 2.24) is 9.97 Å². The van der Waals surface area contributed by atoms with Gasteiger partial charge in [-0.05, 0) is 72.7 Å². The molecule has 0 unspecified atom stereocenters. The van der Waals surface area contributed by atoms with Crippen LogP contribution in [0, 0.1) is 0 Å². The lowest BCUT2D eigenvalue weighted by Gasteiger charge is -2.28. The van der Waals surface area contributed by atoms with Crippen molar-refractivity contribution in [3.8, 4) is 0 Å². The van der Waals surface area contributed by atoms with Crippen LogP contribution in [0.3, 0.4) is 0 Å². The second-order valence-corrected chi connectivity index (χ2v) is 11.0. The molecule has 2 amide bonds. The van der Waals surface area contributed by atoms with Gasteiger partial charge in [0.25, 0.3) is 0 Å². The van der Waals surface area contributed by atoms with Crippen LogP contribution in [0.25, 0.3) is 10.9 Å². The third kappa shape index (κ3) is 6.85. The smallest absolute Gasteiger partial charge is 0.424 e. The molecule has 0 bridgehead atoms. The second-order valence-electron chi connectivity index (χ2n) is 10.5. The van der Waals surface area contributed by atoms with Crippen molar-refractivity contribution in [2.24, 2.45) is 0 Å². The van der Waals surface area contributed by atoms with Gasteiger partial charge < -0.3 is 24.9 Å². The SMILES string of the molecule is CCOC(=O)c1cc(Cl)cc2[nH]c(C(=O)c3cc(N(C(=O)OC(C)(C)C)C(=O)OC(C)(C)C)ccn3)c(N)c12. The van der Waals surface area contributed by atoms with Crippen molar-refractivity contribution in [1.29, 1.82) is 0 Å². The normalized spacial score (nSPS) is 11.7. The molecule has 0 saturated heterocycles. The number of carbonyl (C=O) groups excluding carboxylic acids is 4. The van der Waals surface area contributed by atoms with Gasteiger partial charge in [-0.2, -0.15) is 4.90 Å². The molecule has 2 heterocycles. The van der Waals surface area contributed by atoms with Crippen molar-refractivity contribution in [2.45, 2.75) is 59.7 Å². The van der Waals surface area contributed by atoms with E-state index in [2.05, 4.69) is 9.97 Å². The molecule has 0 aliphatic heterocycles. The van der Waals surface area contributed by atoms with Crippen LogP contribution in [0.1, 0.15) is 75.0 Å². The molecular formula is C27H31ClN4O7. The summed E-state index contributed by atoms with van der Waals surface area (Å²) >= 11 is 6.17. The summed E-state index contributed by atoms with van der Waals surface area (Å²) < 4.78 is 15.9. The van der Waals surface area contributed by atoms with Gasteiger partial charge >= 0.3 is 18.2 Å². The molecule has 0 saturated carbocycles. The van der Waals surface area contributed by atoms with Gasteiger partial charge in [0.15, 0.2) is 0 Å². The number of amides is 2. The van der Waals surface area contributed by atoms with Gasteiger partial charge in [-0.25, -0.2) is 14.4 Å². The minimum Gasteiger partial charge on any atom is -0.462 e. The van der Waals surface area contributed by atoms with Crippen LogP contribution in [0.5, 0.6) is 0 Å². The maximum atomic E-state index is 13.5. The van der Waals surface area contributed by atoms with Crippen LogP contribution in [0.2, 0.25) is 5.02 Å². The number of pyridine rings is 1. The monoisotopic (exact) mass is 558 g/mol. The Morgan fingerprint density at radius 2 is 1.59 bits per heavy atom. The number of hydrogen-bond donors (Lipinski definition) is 2. The zero-order valence-corrected chi connectivity index (χ0v) is 23.6. The third-order valence-corrected chi connectivity index (χ3v) is 5.23. The number of H-pyrrole nitrogens is 1. The Kier molecular flexibility index (Phi) is 8.25. The molecule has 11 nitrogen and oxygen atoms in total. The van der Waals surface area contributed by atoms with Crippen LogP contribution >= 0.6 is 11.6 Å². The number of nitrogens with one attached hydrogen (secondary N) is 1. The number of rotatable bonds is 5. The fourth-order valence-electron chi connectivity index (χ4n) is 3.58.